The molecule has 0 bridgehead atoms. The van der Waals surface area contributed by atoms with Crippen LogP contribution >= 0.6 is 0 Å². The van der Waals surface area contributed by atoms with Crippen molar-refractivity contribution >= 4 is 5.91 Å². The first kappa shape index (κ1) is 13.7. The van der Waals surface area contributed by atoms with Crippen LogP contribution < -0.4 is 5.32 Å². The molecule has 0 radical (unpaired) electrons. The van der Waals surface area contributed by atoms with E-state index in [1.807, 2.05) is 19.1 Å². The van der Waals surface area contributed by atoms with Gasteiger partial charge < -0.3 is 10.4 Å². The van der Waals surface area contributed by atoms with Gasteiger partial charge in [0.1, 0.15) is 0 Å². The minimum absolute atomic E-state index is 0.0124. The molecule has 94 valence electrons. The molecule has 0 saturated carbocycles. The van der Waals surface area contributed by atoms with Crippen LogP contribution in [0.1, 0.15) is 37.3 Å². The molecule has 0 spiro atoms. The van der Waals surface area contributed by atoms with E-state index in [2.05, 4.69) is 24.4 Å². The second-order valence-electron chi connectivity index (χ2n) is 4.61. The molecule has 1 aromatic rings. The van der Waals surface area contributed by atoms with Gasteiger partial charge in [0.25, 0.3) is 0 Å². The molecule has 0 aromatic heterocycles. The summed E-state index contributed by atoms with van der Waals surface area (Å²) < 4.78 is 0. The van der Waals surface area contributed by atoms with E-state index in [1.54, 1.807) is 6.92 Å². The molecule has 0 saturated heterocycles. The van der Waals surface area contributed by atoms with Crippen molar-refractivity contribution in [2.45, 2.75) is 39.2 Å². The highest BCUT2D eigenvalue weighted by atomic mass is 16.3. The Morgan fingerprint density at radius 1 is 1.35 bits per heavy atom. The van der Waals surface area contributed by atoms with Gasteiger partial charge in [0.15, 0.2) is 0 Å². The third kappa shape index (κ3) is 4.57. The minimum atomic E-state index is -0.493. The zero-order chi connectivity index (χ0) is 12.8. The SMILES string of the molecule is Cc1ccccc1C(C)CC(=O)NCC(C)O. The average molecular weight is 235 g/mol. The molecule has 0 fully saturated rings. The summed E-state index contributed by atoms with van der Waals surface area (Å²) in [5, 5.41) is 11.8. The standard InChI is InChI=1S/C14H21NO2/c1-10-6-4-5-7-13(10)11(2)8-14(17)15-9-12(3)16/h4-7,11-12,16H,8-9H2,1-3H3,(H,15,17). The number of aliphatic hydroxyl groups excluding tert-OH is 1. The van der Waals surface area contributed by atoms with Crippen molar-refractivity contribution in [1.29, 1.82) is 0 Å². The Morgan fingerprint density at radius 2 is 2.00 bits per heavy atom. The maximum absolute atomic E-state index is 11.6. The fourth-order valence-electron chi connectivity index (χ4n) is 1.86. The lowest BCUT2D eigenvalue weighted by molar-refractivity contribution is -0.121. The van der Waals surface area contributed by atoms with Gasteiger partial charge in [0.05, 0.1) is 6.10 Å². The van der Waals surface area contributed by atoms with Crippen molar-refractivity contribution in [3.63, 3.8) is 0 Å². The number of nitrogens with one attached hydrogen (secondary N) is 1. The highest BCUT2D eigenvalue weighted by molar-refractivity contribution is 5.76. The summed E-state index contributed by atoms with van der Waals surface area (Å²) in [7, 11) is 0. The largest absolute Gasteiger partial charge is 0.392 e. The van der Waals surface area contributed by atoms with Gasteiger partial charge >= 0.3 is 0 Å². The normalized spacial score (nSPS) is 14.1. The first-order valence-corrected chi connectivity index (χ1v) is 6.01. The third-order valence-corrected chi connectivity index (χ3v) is 2.81. The van der Waals surface area contributed by atoms with E-state index in [0.717, 1.165) is 0 Å². The molecule has 17 heavy (non-hydrogen) atoms. The van der Waals surface area contributed by atoms with Crippen LogP contribution in [-0.2, 0) is 4.79 Å². The summed E-state index contributed by atoms with van der Waals surface area (Å²) >= 11 is 0. The van der Waals surface area contributed by atoms with Crippen molar-refractivity contribution in [1.82, 2.24) is 5.32 Å². The van der Waals surface area contributed by atoms with Gasteiger partial charge in [-0.3, -0.25) is 4.79 Å². The Labute approximate surface area is 103 Å². The molecule has 3 nitrogen and oxygen atoms in total. The van der Waals surface area contributed by atoms with Crippen LogP contribution in [0.25, 0.3) is 0 Å². The van der Waals surface area contributed by atoms with Crippen molar-refractivity contribution in [2.75, 3.05) is 6.54 Å². The zero-order valence-corrected chi connectivity index (χ0v) is 10.7. The highest BCUT2D eigenvalue weighted by Gasteiger charge is 2.12. The lowest BCUT2D eigenvalue weighted by Crippen LogP contribution is -2.31. The summed E-state index contributed by atoms with van der Waals surface area (Å²) in [5.41, 5.74) is 2.42. The van der Waals surface area contributed by atoms with E-state index in [1.165, 1.54) is 11.1 Å². The summed E-state index contributed by atoms with van der Waals surface area (Å²) in [4.78, 5) is 11.6. The van der Waals surface area contributed by atoms with Crippen LogP contribution in [0, 0.1) is 6.92 Å². The molecular formula is C14H21NO2. The van der Waals surface area contributed by atoms with Gasteiger partial charge in [0.2, 0.25) is 5.91 Å². The third-order valence-electron chi connectivity index (χ3n) is 2.81. The predicted molar refractivity (Wildman–Crippen MR) is 68.9 cm³/mol. The molecule has 1 rings (SSSR count). The van der Waals surface area contributed by atoms with Crippen molar-refractivity contribution < 1.29 is 9.90 Å². The van der Waals surface area contributed by atoms with Crippen molar-refractivity contribution in [2.24, 2.45) is 0 Å². The Kier molecular flexibility index (Phi) is 5.16. The molecule has 1 amide bonds. The summed E-state index contributed by atoms with van der Waals surface area (Å²) in [6.07, 6.45) is -0.0369. The van der Waals surface area contributed by atoms with Crippen LogP contribution in [0.4, 0.5) is 0 Å². The van der Waals surface area contributed by atoms with Crippen LogP contribution in [0.3, 0.4) is 0 Å². The lowest BCUT2D eigenvalue weighted by atomic mass is 9.93. The van der Waals surface area contributed by atoms with E-state index in [0.29, 0.717) is 13.0 Å². The summed E-state index contributed by atoms with van der Waals surface area (Å²) in [6.45, 7) is 6.08. The Bertz CT molecular complexity index is 374. The number of rotatable bonds is 5. The molecule has 2 atom stereocenters. The van der Waals surface area contributed by atoms with Crippen LogP contribution in [-0.4, -0.2) is 23.7 Å². The smallest absolute Gasteiger partial charge is 0.220 e. The number of amides is 1. The maximum atomic E-state index is 11.6. The zero-order valence-electron chi connectivity index (χ0n) is 10.7. The number of aryl methyl sites for hydroxylation is 1. The molecule has 1 aromatic carbocycles. The Hall–Kier alpha value is -1.35. The number of benzene rings is 1. The second-order valence-corrected chi connectivity index (χ2v) is 4.61. The van der Waals surface area contributed by atoms with Crippen molar-refractivity contribution in [3.8, 4) is 0 Å². The molecule has 3 heteroatoms. The monoisotopic (exact) mass is 235 g/mol. The first-order chi connectivity index (χ1) is 8.00. The van der Waals surface area contributed by atoms with Gasteiger partial charge in [-0.2, -0.15) is 0 Å². The summed E-state index contributed by atoms with van der Waals surface area (Å²) in [5.74, 6) is 0.187. The molecular weight excluding hydrogens is 214 g/mol. The molecule has 0 aliphatic heterocycles. The lowest BCUT2D eigenvalue weighted by Gasteiger charge is -2.14. The topological polar surface area (TPSA) is 49.3 Å². The molecule has 2 unspecified atom stereocenters. The quantitative estimate of drug-likeness (QED) is 0.820. The van der Waals surface area contributed by atoms with Crippen LogP contribution in [0.5, 0.6) is 0 Å². The number of carbonyl (C=O) groups excluding carboxylic acids is 1. The molecule has 2 N–H and O–H groups in total. The van der Waals surface area contributed by atoms with Gasteiger partial charge in [0, 0.05) is 13.0 Å². The van der Waals surface area contributed by atoms with Gasteiger partial charge in [-0.15, -0.1) is 0 Å². The van der Waals surface area contributed by atoms with Gasteiger partial charge in [-0.1, -0.05) is 31.2 Å². The Morgan fingerprint density at radius 3 is 2.59 bits per heavy atom. The number of aliphatic hydroxyl groups is 1. The predicted octanol–water partition coefficient (Wildman–Crippen LogP) is 1.99. The average Bonchev–Trinajstić information content (AvgIpc) is 2.26. The Balaban J connectivity index is 2.52. The first-order valence-electron chi connectivity index (χ1n) is 6.01. The van der Waals surface area contributed by atoms with E-state index in [-0.39, 0.29) is 11.8 Å². The van der Waals surface area contributed by atoms with E-state index in [9.17, 15) is 4.79 Å². The van der Waals surface area contributed by atoms with Crippen molar-refractivity contribution in [3.05, 3.63) is 35.4 Å². The van der Waals surface area contributed by atoms with E-state index in [4.69, 9.17) is 5.11 Å². The number of hydrogen-bond donors (Lipinski definition) is 2. The minimum Gasteiger partial charge on any atom is -0.392 e. The molecule has 0 heterocycles. The maximum Gasteiger partial charge on any atom is 0.220 e. The van der Waals surface area contributed by atoms with E-state index < -0.39 is 6.10 Å². The van der Waals surface area contributed by atoms with Gasteiger partial charge in [-0.25, -0.2) is 0 Å². The molecule has 0 aliphatic rings. The number of carbonyl (C=O) groups is 1. The molecule has 0 aliphatic carbocycles. The van der Waals surface area contributed by atoms with Gasteiger partial charge in [-0.05, 0) is 30.9 Å². The van der Waals surface area contributed by atoms with Crippen LogP contribution in [0.2, 0.25) is 0 Å². The number of hydrogen-bond acceptors (Lipinski definition) is 2. The fraction of sp³-hybridized carbons (Fsp3) is 0.500. The fourth-order valence-corrected chi connectivity index (χ4v) is 1.86. The van der Waals surface area contributed by atoms with Crippen LogP contribution in [0.15, 0.2) is 24.3 Å². The summed E-state index contributed by atoms with van der Waals surface area (Å²) in [6, 6.07) is 8.10. The highest BCUT2D eigenvalue weighted by Crippen LogP contribution is 2.21. The van der Waals surface area contributed by atoms with E-state index >= 15 is 0 Å². The second kappa shape index (κ2) is 6.40.